The van der Waals surface area contributed by atoms with E-state index >= 15 is 0 Å². The number of pyridine rings is 1. The Bertz CT molecular complexity index is 1520. The minimum Gasteiger partial charge on any atom is -0.492 e. The molecule has 1 aromatic heterocycles. The van der Waals surface area contributed by atoms with Crippen molar-refractivity contribution >= 4 is 22.7 Å². The molecule has 0 spiro atoms. The third kappa shape index (κ3) is 4.12. The molecule has 190 valence electrons. The summed E-state index contributed by atoms with van der Waals surface area (Å²) >= 11 is 0. The molecule has 3 aromatic carbocycles. The first-order chi connectivity index (χ1) is 17.5. The number of rotatable bonds is 4. The van der Waals surface area contributed by atoms with Crippen molar-refractivity contribution in [1.82, 2.24) is 4.98 Å². The predicted molar refractivity (Wildman–Crippen MR) is 128 cm³/mol. The van der Waals surface area contributed by atoms with Crippen molar-refractivity contribution in [1.29, 1.82) is 0 Å². The summed E-state index contributed by atoms with van der Waals surface area (Å²) < 4.78 is 90.0. The summed E-state index contributed by atoms with van der Waals surface area (Å²) in [7, 11) is 2.85. The maximum absolute atomic E-state index is 13.2. The fourth-order valence-electron chi connectivity index (χ4n) is 4.49. The molecule has 1 aliphatic rings. The zero-order valence-electron chi connectivity index (χ0n) is 19.4. The van der Waals surface area contributed by atoms with Crippen LogP contribution in [0.2, 0.25) is 0 Å². The third-order valence-corrected chi connectivity index (χ3v) is 6.18. The summed E-state index contributed by atoms with van der Waals surface area (Å²) in [5.41, 5.74) is 2.02. The van der Waals surface area contributed by atoms with Gasteiger partial charge in [0.1, 0.15) is 5.52 Å². The Morgan fingerprint density at radius 3 is 1.78 bits per heavy atom. The predicted octanol–water partition coefficient (Wildman–Crippen LogP) is 8.02. The van der Waals surface area contributed by atoms with Gasteiger partial charge in [0.2, 0.25) is 0 Å². The number of anilines is 1. The van der Waals surface area contributed by atoms with Gasteiger partial charge in [-0.15, -0.1) is 0 Å². The summed E-state index contributed by atoms with van der Waals surface area (Å²) in [5, 5.41) is 3.74. The third-order valence-electron chi connectivity index (χ3n) is 6.18. The van der Waals surface area contributed by atoms with Crippen LogP contribution < -0.4 is 14.8 Å². The Balaban J connectivity index is 1.78. The zero-order valence-corrected chi connectivity index (χ0v) is 19.4. The highest BCUT2D eigenvalue weighted by atomic mass is 19.4. The fraction of sp³-hybridized carbons (Fsp3) is 0.148. The summed E-state index contributed by atoms with van der Waals surface area (Å²) in [6.07, 6.45) is -4.05. The highest BCUT2D eigenvalue weighted by molar-refractivity contribution is 6.13. The first kappa shape index (κ1) is 24.5. The molecule has 0 bridgehead atoms. The van der Waals surface area contributed by atoms with E-state index in [4.69, 9.17) is 9.47 Å². The Hall–Kier alpha value is -4.21. The molecule has 0 saturated heterocycles. The quantitative estimate of drug-likeness (QED) is 0.279. The number of nitrogens with one attached hydrogen (secondary N) is 1. The van der Waals surface area contributed by atoms with Crippen molar-refractivity contribution in [2.45, 2.75) is 12.4 Å². The number of halogens is 6. The Kier molecular flexibility index (Phi) is 5.77. The number of methoxy groups -OCH3 is 2. The largest absolute Gasteiger partial charge is 0.492 e. The van der Waals surface area contributed by atoms with Crippen LogP contribution >= 0.6 is 0 Å². The van der Waals surface area contributed by atoms with Gasteiger partial charge in [0.15, 0.2) is 11.5 Å². The lowest BCUT2D eigenvalue weighted by Gasteiger charge is -2.24. The van der Waals surface area contributed by atoms with Gasteiger partial charge < -0.3 is 14.8 Å². The number of benzene rings is 3. The second kappa shape index (κ2) is 8.72. The van der Waals surface area contributed by atoms with Crippen molar-refractivity contribution in [2.75, 3.05) is 19.5 Å². The highest BCUT2D eigenvalue weighted by Gasteiger charge is 2.32. The van der Waals surface area contributed by atoms with Crippen LogP contribution in [0.3, 0.4) is 0 Å². The zero-order chi connectivity index (χ0) is 26.5. The van der Waals surface area contributed by atoms with Crippen LogP contribution in [0.1, 0.15) is 16.7 Å². The van der Waals surface area contributed by atoms with Crippen LogP contribution in [0.15, 0.2) is 60.9 Å². The molecule has 10 heteroatoms. The molecular weight excluding hydrogens is 498 g/mol. The number of hydrogen-bond donors (Lipinski definition) is 1. The molecule has 0 atom stereocenters. The van der Waals surface area contributed by atoms with Crippen molar-refractivity contribution in [3.8, 4) is 33.8 Å². The molecule has 5 rings (SSSR count). The topological polar surface area (TPSA) is 43.4 Å². The van der Waals surface area contributed by atoms with Crippen LogP contribution in [0.5, 0.6) is 11.5 Å². The van der Waals surface area contributed by atoms with Crippen LogP contribution in [0.25, 0.3) is 39.2 Å². The molecule has 0 saturated carbocycles. The summed E-state index contributed by atoms with van der Waals surface area (Å²) in [5.74, 6) is 0.561. The van der Waals surface area contributed by atoms with E-state index in [1.54, 1.807) is 12.3 Å². The average molecular weight is 516 g/mol. The molecule has 1 aliphatic heterocycles. The normalized spacial score (nSPS) is 13.0. The van der Waals surface area contributed by atoms with Gasteiger partial charge in [-0.2, -0.15) is 26.3 Å². The number of aromatic nitrogens is 1. The lowest BCUT2D eigenvalue weighted by atomic mass is 9.89. The summed E-state index contributed by atoms with van der Waals surface area (Å²) in [4.78, 5) is 4.54. The van der Waals surface area contributed by atoms with Gasteiger partial charge in [-0.1, -0.05) is 24.3 Å². The minimum absolute atomic E-state index is 0.272. The average Bonchev–Trinajstić information content (AvgIpc) is 2.87. The monoisotopic (exact) mass is 516 g/mol. The highest BCUT2D eigenvalue weighted by Crippen LogP contribution is 2.51. The molecule has 37 heavy (non-hydrogen) atoms. The van der Waals surface area contributed by atoms with E-state index in [0.717, 1.165) is 24.3 Å². The van der Waals surface area contributed by atoms with Gasteiger partial charge in [-0.25, -0.2) is 0 Å². The molecule has 4 aromatic rings. The number of ether oxygens (including phenoxy) is 2. The number of alkyl halides is 6. The lowest BCUT2D eigenvalue weighted by molar-refractivity contribution is -0.138. The van der Waals surface area contributed by atoms with E-state index in [0.29, 0.717) is 44.4 Å². The van der Waals surface area contributed by atoms with Gasteiger partial charge in [-0.05, 0) is 47.0 Å². The van der Waals surface area contributed by atoms with E-state index in [2.05, 4.69) is 10.3 Å². The minimum atomic E-state index is -4.49. The first-order valence-electron chi connectivity index (χ1n) is 10.9. The molecular formula is C27H18F6N2O2. The first-order valence-corrected chi connectivity index (χ1v) is 10.9. The molecule has 0 fully saturated rings. The molecule has 0 unspecified atom stereocenters. The Morgan fingerprint density at radius 1 is 0.730 bits per heavy atom. The second-order valence-corrected chi connectivity index (χ2v) is 8.25. The molecule has 0 radical (unpaired) electrons. The smallest absolute Gasteiger partial charge is 0.416 e. The maximum atomic E-state index is 13.2. The summed E-state index contributed by atoms with van der Waals surface area (Å²) in [6, 6.07) is 9.39. The van der Waals surface area contributed by atoms with Gasteiger partial charge in [0.05, 0.1) is 31.0 Å². The Labute approximate surface area is 207 Å². The molecule has 2 heterocycles. The van der Waals surface area contributed by atoms with Crippen LogP contribution in [0.4, 0.5) is 32.0 Å². The van der Waals surface area contributed by atoms with E-state index in [-0.39, 0.29) is 11.5 Å². The lowest BCUT2D eigenvalue weighted by Crippen LogP contribution is -2.07. The molecule has 1 N–H and O–H groups in total. The van der Waals surface area contributed by atoms with E-state index in [1.165, 1.54) is 44.7 Å². The number of nitrogens with zero attached hydrogens (tertiary/aromatic N) is 1. The van der Waals surface area contributed by atoms with E-state index in [1.807, 2.05) is 0 Å². The molecule has 0 amide bonds. The van der Waals surface area contributed by atoms with Crippen LogP contribution in [-0.2, 0) is 12.4 Å². The van der Waals surface area contributed by atoms with Crippen LogP contribution in [0, 0.1) is 0 Å². The van der Waals surface area contributed by atoms with Crippen LogP contribution in [-0.4, -0.2) is 19.2 Å². The maximum Gasteiger partial charge on any atom is 0.416 e. The van der Waals surface area contributed by atoms with E-state index < -0.39 is 23.5 Å². The van der Waals surface area contributed by atoms with Gasteiger partial charge >= 0.3 is 12.4 Å². The van der Waals surface area contributed by atoms with Gasteiger partial charge in [0.25, 0.3) is 0 Å². The number of hydrogen-bond acceptors (Lipinski definition) is 4. The van der Waals surface area contributed by atoms with E-state index in [9.17, 15) is 26.3 Å². The standard InChI is InChI=1S/C27H18F6N2O2/c1-36-24-20(15-5-9-17(10-6-15)27(31,32)33)18-11-12-34-22-19(13-35-23(21(18)22)25(24)37-2)14-3-7-16(8-4-14)26(28,29)30/h3-13,34H,1-2H3. The fourth-order valence-corrected chi connectivity index (χ4v) is 4.49. The van der Waals surface area contributed by atoms with Crippen molar-refractivity contribution in [3.63, 3.8) is 0 Å². The Morgan fingerprint density at radius 2 is 1.27 bits per heavy atom. The molecule has 0 aliphatic carbocycles. The van der Waals surface area contributed by atoms with Crippen molar-refractivity contribution < 1.29 is 35.8 Å². The summed E-state index contributed by atoms with van der Waals surface area (Å²) in [6.45, 7) is 0. The van der Waals surface area contributed by atoms with Crippen molar-refractivity contribution in [2.24, 2.45) is 0 Å². The van der Waals surface area contributed by atoms with Gasteiger partial charge in [-0.3, -0.25) is 4.98 Å². The van der Waals surface area contributed by atoms with Crippen molar-refractivity contribution in [3.05, 3.63) is 77.6 Å². The second-order valence-electron chi connectivity index (χ2n) is 8.25. The molecule has 4 nitrogen and oxygen atoms in total. The van der Waals surface area contributed by atoms with Gasteiger partial charge in [0, 0.05) is 28.9 Å². The SMILES string of the molecule is COc1c(-c2ccc(C(F)(F)F)cc2)c2c3c(c(-c4ccc(C(F)(F)F)cc4)cnc3c1OC)NC=C2.